The Morgan fingerprint density at radius 2 is 2.19 bits per heavy atom. The highest BCUT2D eigenvalue weighted by molar-refractivity contribution is 5.96. The van der Waals surface area contributed by atoms with Crippen molar-refractivity contribution < 1.29 is 9.90 Å². The van der Waals surface area contributed by atoms with Crippen LogP contribution in [0.4, 0.5) is 0 Å². The summed E-state index contributed by atoms with van der Waals surface area (Å²) in [7, 11) is 0. The van der Waals surface area contributed by atoms with E-state index in [0.717, 1.165) is 5.69 Å². The first-order valence-electron chi connectivity index (χ1n) is 6.30. The normalized spacial score (nSPS) is 9.62. The molecule has 0 radical (unpaired) electrons. The Kier molecular flexibility index (Phi) is 4.96. The van der Waals surface area contributed by atoms with E-state index >= 15 is 0 Å². The Balaban J connectivity index is 2.08. The van der Waals surface area contributed by atoms with E-state index in [2.05, 4.69) is 32.1 Å². The number of aliphatic hydroxyl groups excluding tert-OH is 1. The maximum absolute atomic E-state index is 12.2. The van der Waals surface area contributed by atoms with Gasteiger partial charge in [0, 0.05) is 18.6 Å². The van der Waals surface area contributed by atoms with Crippen LogP contribution in [0.5, 0.6) is 0 Å². The zero-order valence-electron chi connectivity index (χ0n) is 11.5. The molecule has 21 heavy (non-hydrogen) atoms. The van der Waals surface area contributed by atoms with Crippen molar-refractivity contribution in [2.24, 2.45) is 0 Å². The fourth-order valence-corrected chi connectivity index (χ4v) is 1.60. The summed E-state index contributed by atoms with van der Waals surface area (Å²) < 4.78 is 0. The summed E-state index contributed by atoms with van der Waals surface area (Å²) in [6, 6.07) is 1.58. The lowest BCUT2D eigenvalue weighted by atomic mass is 10.1. The minimum atomic E-state index is -0.276. The van der Waals surface area contributed by atoms with Crippen molar-refractivity contribution >= 4 is 5.91 Å². The van der Waals surface area contributed by atoms with Crippen molar-refractivity contribution in [3.05, 3.63) is 53.4 Å². The topological polar surface area (TPSA) is 88.0 Å². The van der Waals surface area contributed by atoms with Gasteiger partial charge < -0.3 is 10.4 Å². The van der Waals surface area contributed by atoms with Crippen LogP contribution in [0.2, 0.25) is 0 Å². The largest absolute Gasteiger partial charge is 0.384 e. The molecule has 2 rings (SSSR count). The molecule has 0 aliphatic carbocycles. The first-order chi connectivity index (χ1) is 10.2. The third kappa shape index (κ3) is 4.09. The van der Waals surface area contributed by atoms with Crippen molar-refractivity contribution in [1.82, 2.24) is 20.3 Å². The molecule has 2 aromatic heterocycles. The molecule has 0 aliphatic rings. The molecule has 0 fully saturated rings. The van der Waals surface area contributed by atoms with Crippen LogP contribution in [0, 0.1) is 18.8 Å². The van der Waals surface area contributed by atoms with Gasteiger partial charge in [0.05, 0.1) is 35.3 Å². The summed E-state index contributed by atoms with van der Waals surface area (Å²) in [5.74, 6) is 4.93. The highest BCUT2D eigenvalue weighted by Gasteiger charge is 2.10. The first kappa shape index (κ1) is 14.6. The van der Waals surface area contributed by atoms with E-state index < -0.39 is 0 Å². The summed E-state index contributed by atoms with van der Waals surface area (Å²) in [6.45, 7) is 1.86. The van der Waals surface area contributed by atoms with Crippen LogP contribution in [0.1, 0.15) is 27.3 Å². The van der Waals surface area contributed by atoms with Gasteiger partial charge in [-0.15, -0.1) is 0 Å². The van der Waals surface area contributed by atoms with E-state index in [9.17, 15) is 4.79 Å². The highest BCUT2D eigenvalue weighted by Crippen LogP contribution is 2.05. The van der Waals surface area contributed by atoms with Gasteiger partial charge in [-0.3, -0.25) is 19.7 Å². The molecule has 1 amide bonds. The molecule has 2 heterocycles. The van der Waals surface area contributed by atoms with Gasteiger partial charge in [0.25, 0.3) is 5.91 Å². The summed E-state index contributed by atoms with van der Waals surface area (Å²) >= 11 is 0. The quantitative estimate of drug-likeness (QED) is 0.798. The molecule has 6 heteroatoms. The van der Waals surface area contributed by atoms with Crippen molar-refractivity contribution in [2.75, 3.05) is 6.61 Å². The van der Waals surface area contributed by atoms with Gasteiger partial charge in [0.15, 0.2) is 0 Å². The van der Waals surface area contributed by atoms with Gasteiger partial charge in [-0.05, 0) is 13.0 Å². The average molecular weight is 282 g/mol. The second-order valence-electron chi connectivity index (χ2n) is 4.21. The number of hydrogen-bond acceptors (Lipinski definition) is 5. The van der Waals surface area contributed by atoms with Crippen molar-refractivity contribution in [3.63, 3.8) is 0 Å². The van der Waals surface area contributed by atoms with Crippen molar-refractivity contribution in [1.29, 1.82) is 0 Å². The number of aliphatic hydroxyl groups is 1. The zero-order chi connectivity index (χ0) is 15.1. The number of carbonyl (C=O) groups excluding carboxylic acids is 1. The van der Waals surface area contributed by atoms with E-state index in [1.807, 2.05) is 6.92 Å². The molecule has 106 valence electrons. The van der Waals surface area contributed by atoms with E-state index in [4.69, 9.17) is 5.11 Å². The Morgan fingerprint density at radius 3 is 2.90 bits per heavy atom. The predicted octanol–water partition coefficient (Wildman–Crippen LogP) is 0.454. The minimum absolute atomic E-state index is 0.269. The Hall–Kier alpha value is -2.78. The SMILES string of the molecule is Cc1cnc(CNC(=O)c2ccncc2C#CCO)cn1. The van der Waals surface area contributed by atoms with Crippen LogP contribution in [-0.4, -0.2) is 32.6 Å². The summed E-state index contributed by atoms with van der Waals surface area (Å²) in [5, 5.41) is 11.5. The van der Waals surface area contributed by atoms with Gasteiger partial charge in [0.2, 0.25) is 0 Å². The van der Waals surface area contributed by atoms with Gasteiger partial charge in [-0.25, -0.2) is 0 Å². The molecule has 2 aromatic rings. The Bertz CT molecular complexity index is 687. The fourth-order valence-electron chi connectivity index (χ4n) is 1.60. The first-order valence-corrected chi connectivity index (χ1v) is 6.30. The van der Waals surface area contributed by atoms with Crippen molar-refractivity contribution in [3.8, 4) is 11.8 Å². The van der Waals surface area contributed by atoms with Crippen LogP contribution in [0.3, 0.4) is 0 Å². The molecule has 0 bridgehead atoms. The molecular formula is C15H14N4O2. The molecule has 0 unspecified atom stereocenters. The molecule has 0 saturated heterocycles. The number of hydrogen-bond donors (Lipinski definition) is 2. The predicted molar refractivity (Wildman–Crippen MR) is 76.1 cm³/mol. The second kappa shape index (κ2) is 7.12. The lowest BCUT2D eigenvalue weighted by Crippen LogP contribution is -2.24. The molecule has 0 aliphatic heterocycles. The molecule has 0 spiro atoms. The van der Waals surface area contributed by atoms with Crippen LogP contribution in [-0.2, 0) is 6.54 Å². The van der Waals surface area contributed by atoms with E-state index in [1.165, 1.54) is 12.4 Å². The minimum Gasteiger partial charge on any atom is -0.384 e. The lowest BCUT2D eigenvalue weighted by Gasteiger charge is -2.06. The fraction of sp³-hybridized carbons (Fsp3) is 0.200. The van der Waals surface area contributed by atoms with E-state index in [-0.39, 0.29) is 19.1 Å². The van der Waals surface area contributed by atoms with Gasteiger partial charge >= 0.3 is 0 Å². The number of pyridine rings is 1. The van der Waals surface area contributed by atoms with Crippen LogP contribution in [0.25, 0.3) is 0 Å². The van der Waals surface area contributed by atoms with Gasteiger partial charge in [0.1, 0.15) is 6.61 Å². The molecule has 6 nitrogen and oxygen atoms in total. The smallest absolute Gasteiger partial charge is 0.252 e. The maximum Gasteiger partial charge on any atom is 0.252 e. The molecule has 0 atom stereocenters. The molecular weight excluding hydrogens is 268 g/mol. The Labute approximate surface area is 122 Å². The molecule has 0 aromatic carbocycles. The summed E-state index contributed by atoms with van der Waals surface area (Å²) in [4.78, 5) is 24.4. The third-order valence-electron chi connectivity index (χ3n) is 2.63. The van der Waals surface area contributed by atoms with Crippen LogP contribution < -0.4 is 5.32 Å². The van der Waals surface area contributed by atoms with Gasteiger partial charge in [-0.1, -0.05) is 11.8 Å². The number of nitrogens with zero attached hydrogens (tertiary/aromatic N) is 3. The number of carbonyl (C=O) groups is 1. The number of rotatable bonds is 3. The molecule has 2 N–H and O–H groups in total. The lowest BCUT2D eigenvalue weighted by molar-refractivity contribution is 0.0950. The summed E-state index contributed by atoms with van der Waals surface area (Å²) in [5.41, 5.74) is 2.37. The molecule has 0 saturated carbocycles. The maximum atomic E-state index is 12.2. The van der Waals surface area contributed by atoms with Crippen molar-refractivity contribution in [2.45, 2.75) is 13.5 Å². The number of aromatic nitrogens is 3. The van der Waals surface area contributed by atoms with Gasteiger partial charge in [-0.2, -0.15) is 0 Å². The van der Waals surface area contributed by atoms with E-state index in [1.54, 1.807) is 18.5 Å². The average Bonchev–Trinajstić information content (AvgIpc) is 2.52. The summed E-state index contributed by atoms with van der Waals surface area (Å²) in [6.07, 6.45) is 6.27. The number of amides is 1. The number of nitrogens with one attached hydrogen (secondary N) is 1. The standard InChI is InChI=1S/C15H14N4O2/c1-11-7-18-13(9-17-11)10-19-15(21)14-4-5-16-8-12(14)3-2-6-20/h4-5,7-9,20H,6,10H2,1H3,(H,19,21). The van der Waals surface area contributed by atoms with E-state index in [0.29, 0.717) is 16.8 Å². The Morgan fingerprint density at radius 1 is 1.33 bits per heavy atom. The van der Waals surface area contributed by atoms with Crippen LogP contribution >= 0.6 is 0 Å². The van der Waals surface area contributed by atoms with Crippen LogP contribution in [0.15, 0.2) is 30.9 Å². The highest BCUT2D eigenvalue weighted by atomic mass is 16.2. The monoisotopic (exact) mass is 282 g/mol. The number of aryl methyl sites for hydroxylation is 1. The third-order valence-corrected chi connectivity index (χ3v) is 2.63. The zero-order valence-corrected chi connectivity index (χ0v) is 11.5. The second-order valence-corrected chi connectivity index (χ2v) is 4.21.